The molecule has 6 nitrogen and oxygen atoms in total. The van der Waals surface area contributed by atoms with Crippen molar-refractivity contribution in [3.63, 3.8) is 0 Å². The summed E-state index contributed by atoms with van der Waals surface area (Å²) < 4.78 is 2.98. The third-order valence-corrected chi connectivity index (χ3v) is 5.68. The van der Waals surface area contributed by atoms with E-state index in [1.54, 1.807) is 30.6 Å². The molecule has 0 fully saturated rings. The van der Waals surface area contributed by atoms with Gasteiger partial charge in [0.15, 0.2) is 0 Å². The highest BCUT2D eigenvalue weighted by molar-refractivity contribution is 8.00. The minimum atomic E-state index is -0.365. The average molecular weight is 405 g/mol. The lowest BCUT2D eigenvalue weighted by atomic mass is 10.3. The summed E-state index contributed by atoms with van der Waals surface area (Å²) in [6, 6.07) is 7.24. The quantitative estimate of drug-likeness (QED) is 0.328. The number of hydrogen-bond acceptors (Lipinski definition) is 7. The Morgan fingerprint density at radius 3 is 1.68 bits per heavy atom. The van der Waals surface area contributed by atoms with E-state index in [1.807, 2.05) is 44.4 Å². The van der Waals surface area contributed by atoms with Crippen molar-refractivity contribution in [2.45, 2.75) is 35.7 Å². The van der Waals surface area contributed by atoms with E-state index >= 15 is 0 Å². The summed E-state index contributed by atoms with van der Waals surface area (Å²) >= 11 is 4.51. The van der Waals surface area contributed by atoms with Crippen LogP contribution in [-0.4, -0.2) is 48.7 Å². The van der Waals surface area contributed by atoms with E-state index in [0.29, 0.717) is 11.5 Å². The van der Waals surface area contributed by atoms with E-state index in [2.05, 4.69) is 10.0 Å². The van der Waals surface area contributed by atoms with E-state index < -0.39 is 0 Å². The van der Waals surface area contributed by atoms with E-state index in [4.69, 9.17) is 11.5 Å². The highest BCUT2D eigenvalue weighted by Crippen LogP contribution is 2.24. The highest BCUT2D eigenvalue weighted by Gasteiger charge is 2.15. The van der Waals surface area contributed by atoms with Gasteiger partial charge < -0.3 is 16.8 Å². The van der Waals surface area contributed by atoms with Crippen LogP contribution in [0.25, 0.3) is 0 Å². The molecule has 0 heterocycles. The van der Waals surface area contributed by atoms with E-state index in [0.717, 1.165) is 9.79 Å². The Labute approximate surface area is 163 Å². The van der Waals surface area contributed by atoms with Gasteiger partial charge in [-0.1, -0.05) is 25.8 Å². The molecule has 2 amide bonds. The molecule has 0 aromatic heterocycles. The number of rotatable bonds is 11. The molecule has 2 atom stereocenters. The summed E-state index contributed by atoms with van der Waals surface area (Å²) in [4.78, 5) is 24.6. The van der Waals surface area contributed by atoms with E-state index in [9.17, 15) is 9.59 Å². The van der Waals surface area contributed by atoms with Crippen molar-refractivity contribution in [2.24, 2.45) is 11.5 Å². The predicted octanol–water partition coefficient (Wildman–Crippen LogP) is 1.69. The van der Waals surface area contributed by atoms with Crippen molar-refractivity contribution in [1.82, 2.24) is 10.0 Å². The SMILES string of the molecule is CC.CNC(CSc1ccc(SCC(NSC)C(N)=O)cc1)C(N)=O. The van der Waals surface area contributed by atoms with Gasteiger partial charge in [-0.2, -0.15) is 0 Å². The van der Waals surface area contributed by atoms with Gasteiger partial charge in [0.1, 0.15) is 6.04 Å². The van der Waals surface area contributed by atoms with E-state index in [1.165, 1.54) is 11.9 Å². The van der Waals surface area contributed by atoms with Gasteiger partial charge in [0.25, 0.3) is 0 Å². The van der Waals surface area contributed by atoms with Crippen molar-refractivity contribution in [3.8, 4) is 0 Å². The fourth-order valence-corrected chi connectivity index (χ4v) is 4.16. The van der Waals surface area contributed by atoms with Gasteiger partial charge >= 0.3 is 0 Å². The molecule has 0 radical (unpaired) electrons. The lowest BCUT2D eigenvalue weighted by Gasteiger charge is -2.13. The topological polar surface area (TPSA) is 110 Å². The maximum Gasteiger partial charge on any atom is 0.236 e. The Morgan fingerprint density at radius 2 is 1.36 bits per heavy atom. The minimum absolute atomic E-state index is 0.344. The van der Waals surface area contributed by atoms with Crippen LogP contribution in [0.5, 0.6) is 0 Å². The number of likely N-dealkylation sites (N-methyl/N-ethyl adjacent to an activating group) is 1. The van der Waals surface area contributed by atoms with Crippen molar-refractivity contribution in [2.75, 3.05) is 24.8 Å². The summed E-state index contributed by atoms with van der Waals surface area (Å²) in [6.07, 6.45) is 1.86. The van der Waals surface area contributed by atoms with Gasteiger partial charge in [-0.05, 0) is 37.6 Å². The Hall–Kier alpha value is -0.870. The normalized spacial score (nSPS) is 12.6. The van der Waals surface area contributed by atoms with Gasteiger partial charge in [-0.3, -0.25) is 14.3 Å². The van der Waals surface area contributed by atoms with Crippen LogP contribution >= 0.6 is 35.5 Å². The molecule has 0 saturated carbocycles. The van der Waals surface area contributed by atoms with E-state index in [-0.39, 0.29) is 23.9 Å². The summed E-state index contributed by atoms with van der Waals surface area (Å²) in [5, 5.41) is 2.89. The standard InChI is InChI=1S/C14H22N4O2S3.C2H6/c1-17-11(13(15)19)7-22-9-3-5-10(6-4-9)23-8-12(14(16)20)18-21-2;1-2/h3-6,11-12,17-18H,7-8H2,1-2H3,(H2,15,19)(H2,16,20);1-2H3. The first-order chi connectivity index (χ1) is 12.0. The number of hydrogen-bond donors (Lipinski definition) is 4. The van der Waals surface area contributed by atoms with Crippen molar-refractivity contribution >= 4 is 47.3 Å². The molecule has 6 N–H and O–H groups in total. The van der Waals surface area contributed by atoms with Crippen LogP contribution in [0.15, 0.2) is 34.1 Å². The molecule has 25 heavy (non-hydrogen) atoms. The van der Waals surface area contributed by atoms with Crippen LogP contribution in [0.3, 0.4) is 0 Å². The van der Waals surface area contributed by atoms with Gasteiger partial charge in [-0.15, -0.1) is 23.5 Å². The van der Waals surface area contributed by atoms with Crippen LogP contribution in [0, 0.1) is 0 Å². The zero-order valence-electron chi connectivity index (χ0n) is 15.1. The molecule has 0 bridgehead atoms. The predicted molar refractivity (Wildman–Crippen MR) is 111 cm³/mol. The highest BCUT2D eigenvalue weighted by atomic mass is 32.2. The average Bonchev–Trinajstić information content (AvgIpc) is 2.61. The molecule has 0 spiro atoms. The Bertz CT molecular complexity index is 515. The van der Waals surface area contributed by atoms with Crippen LogP contribution < -0.4 is 21.5 Å². The van der Waals surface area contributed by atoms with Crippen molar-refractivity contribution < 1.29 is 9.59 Å². The lowest BCUT2D eigenvalue weighted by Crippen LogP contribution is -2.41. The minimum Gasteiger partial charge on any atom is -0.368 e. The third kappa shape index (κ3) is 10.0. The summed E-state index contributed by atoms with van der Waals surface area (Å²) in [6.45, 7) is 4.00. The largest absolute Gasteiger partial charge is 0.368 e. The van der Waals surface area contributed by atoms with Crippen LogP contribution in [-0.2, 0) is 9.59 Å². The molecule has 1 aromatic rings. The van der Waals surface area contributed by atoms with Gasteiger partial charge in [0, 0.05) is 21.3 Å². The molecule has 1 rings (SSSR count). The number of carbonyl (C=O) groups excluding carboxylic acids is 2. The zero-order chi connectivity index (χ0) is 19.2. The summed E-state index contributed by atoms with van der Waals surface area (Å²) in [7, 11) is 1.72. The maximum absolute atomic E-state index is 11.3. The third-order valence-electron chi connectivity index (χ3n) is 2.95. The molecule has 2 unspecified atom stereocenters. The second-order valence-electron chi connectivity index (χ2n) is 4.61. The Kier molecular flexibility index (Phi) is 13.8. The van der Waals surface area contributed by atoms with Gasteiger partial charge in [0.05, 0.1) is 6.04 Å². The fourth-order valence-electron chi connectivity index (χ4n) is 1.62. The molecule has 0 aliphatic heterocycles. The molecule has 9 heteroatoms. The molecule has 0 aliphatic rings. The molecular formula is C16H28N4O2S3. The Morgan fingerprint density at radius 1 is 0.960 bits per heavy atom. The van der Waals surface area contributed by atoms with Crippen LogP contribution in [0.1, 0.15) is 13.8 Å². The first-order valence-electron chi connectivity index (χ1n) is 7.88. The molecule has 1 aromatic carbocycles. The monoisotopic (exact) mass is 404 g/mol. The van der Waals surface area contributed by atoms with Gasteiger partial charge in [0.2, 0.25) is 11.8 Å². The molecular weight excluding hydrogens is 376 g/mol. The molecule has 142 valence electrons. The zero-order valence-corrected chi connectivity index (χ0v) is 17.5. The van der Waals surface area contributed by atoms with Gasteiger partial charge in [-0.25, -0.2) is 0 Å². The first kappa shape index (κ1) is 24.1. The smallest absolute Gasteiger partial charge is 0.236 e. The number of nitrogens with one attached hydrogen (secondary N) is 2. The second kappa shape index (κ2) is 14.3. The number of nitrogens with two attached hydrogens (primary N) is 2. The number of primary amides is 2. The number of thioether (sulfide) groups is 2. The van der Waals surface area contributed by atoms with Crippen molar-refractivity contribution in [3.05, 3.63) is 24.3 Å². The summed E-state index contributed by atoms with van der Waals surface area (Å²) in [5.41, 5.74) is 10.6. The molecule has 0 aliphatic carbocycles. The Balaban J connectivity index is 0.00000277. The number of carbonyl (C=O) groups is 2. The van der Waals surface area contributed by atoms with Crippen molar-refractivity contribution in [1.29, 1.82) is 0 Å². The fraction of sp³-hybridized carbons (Fsp3) is 0.500. The van der Waals surface area contributed by atoms with Crippen LogP contribution in [0.2, 0.25) is 0 Å². The lowest BCUT2D eigenvalue weighted by molar-refractivity contribution is -0.120. The maximum atomic E-state index is 11.3. The first-order valence-corrected chi connectivity index (χ1v) is 11.1. The van der Waals surface area contributed by atoms with Crippen LogP contribution in [0.4, 0.5) is 0 Å². The second-order valence-corrected chi connectivity index (χ2v) is 7.44. The molecule has 0 saturated heterocycles. The summed E-state index contributed by atoms with van der Waals surface area (Å²) in [5.74, 6) is 0.445. The number of benzene rings is 1. The number of amides is 2.